The Balaban J connectivity index is 1.52. The SMILES string of the molecule is COc1cc(OC)cc(N(CCCn2ccnc2C)c2ccc3ncc(-c4cnn(C)c4)nc3c2)c1. The van der Waals surface area contributed by atoms with Crippen LogP contribution in [0.2, 0.25) is 0 Å². The first-order chi connectivity index (χ1) is 17.5. The number of ether oxygens (including phenoxy) is 2. The molecule has 0 saturated carbocycles. The van der Waals surface area contributed by atoms with Gasteiger partial charge in [0.15, 0.2) is 0 Å². The molecule has 0 unspecified atom stereocenters. The fourth-order valence-corrected chi connectivity index (χ4v) is 4.26. The molecular weight excluding hydrogens is 454 g/mol. The quantitative estimate of drug-likeness (QED) is 0.298. The maximum absolute atomic E-state index is 5.55. The number of fused-ring (bicyclic) bond motifs is 1. The number of rotatable bonds is 9. The summed E-state index contributed by atoms with van der Waals surface area (Å²) in [5, 5.41) is 4.26. The van der Waals surface area contributed by atoms with Crippen molar-refractivity contribution in [2.24, 2.45) is 7.05 Å². The van der Waals surface area contributed by atoms with E-state index < -0.39 is 0 Å². The molecule has 0 N–H and O–H groups in total. The molecule has 9 heteroatoms. The van der Waals surface area contributed by atoms with Crippen LogP contribution in [0, 0.1) is 6.92 Å². The van der Waals surface area contributed by atoms with Crippen LogP contribution in [0.3, 0.4) is 0 Å². The van der Waals surface area contributed by atoms with Crippen molar-refractivity contribution in [3.05, 3.63) is 73.2 Å². The highest BCUT2D eigenvalue weighted by Crippen LogP contribution is 2.34. The summed E-state index contributed by atoms with van der Waals surface area (Å²) in [4.78, 5) is 16.1. The summed E-state index contributed by atoms with van der Waals surface area (Å²) in [6.45, 7) is 3.66. The Morgan fingerprint density at radius 1 is 0.917 bits per heavy atom. The molecule has 0 spiro atoms. The van der Waals surface area contributed by atoms with Gasteiger partial charge in [-0.05, 0) is 31.5 Å². The first kappa shape index (κ1) is 23.3. The number of hydrogen-bond donors (Lipinski definition) is 0. The lowest BCUT2D eigenvalue weighted by molar-refractivity contribution is 0.394. The van der Waals surface area contributed by atoms with Gasteiger partial charge in [0.05, 0.1) is 43.3 Å². The minimum absolute atomic E-state index is 0.735. The molecule has 0 aliphatic carbocycles. The van der Waals surface area contributed by atoms with Gasteiger partial charge >= 0.3 is 0 Å². The number of methoxy groups -OCH3 is 2. The van der Waals surface area contributed by atoms with Crippen LogP contribution in [0.25, 0.3) is 22.3 Å². The average molecular weight is 484 g/mol. The fourth-order valence-electron chi connectivity index (χ4n) is 4.26. The first-order valence-corrected chi connectivity index (χ1v) is 11.8. The second kappa shape index (κ2) is 10.1. The summed E-state index contributed by atoms with van der Waals surface area (Å²) in [5.74, 6) is 2.48. The molecular formula is C27H29N7O2. The van der Waals surface area contributed by atoms with Crippen molar-refractivity contribution in [2.45, 2.75) is 19.9 Å². The van der Waals surface area contributed by atoms with Crippen molar-refractivity contribution in [1.82, 2.24) is 29.3 Å². The first-order valence-electron chi connectivity index (χ1n) is 11.8. The molecule has 0 radical (unpaired) electrons. The van der Waals surface area contributed by atoms with Crippen molar-refractivity contribution in [2.75, 3.05) is 25.7 Å². The van der Waals surface area contributed by atoms with Gasteiger partial charge in [-0.25, -0.2) is 9.97 Å². The maximum atomic E-state index is 5.55. The number of aromatic nitrogens is 6. The highest BCUT2D eigenvalue weighted by atomic mass is 16.5. The lowest BCUT2D eigenvalue weighted by Crippen LogP contribution is -2.20. The van der Waals surface area contributed by atoms with Crippen LogP contribution in [-0.4, -0.2) is 50.1 Å². The Hall–Kier alpha value is -4.40. The van der Waals surface area contributed by atoms with Gasteiger partial charge in [-0.2, -0.15) is 5.10 Å². The zero-order chi connectivity index (χ0) is 25.1. The van der Waals surface area contributed by atoms with E-state index in [-0.39, 0.29) is 0 Å². The molecule has 0 aliphatic rings. The number of benzene rings is 2. The summed E-state index contributed by atoms with van der Waals surface area (Å²) in [7, 11) is 5.22. The fraction of sp³-hybridized carbons (Fsp3) is 0.259. The van der Waals surface area contributed by atoms with Gasteiger partial charge in [0, 0.05) is 73.9 Å². The highest BCUT2D eigenvalue weighted by molar-refractivity contribution is 5.82. The van der Waals surface area contributed by atoms with Crippen LogP contribution < -0.4 is 14.4 Å². The Morgan fingerprint density at radius 2 is 1.72 bits per heavy atom. The van der Waals surface area contributed by atoms with E-state index in [4.69, 9.17) is 14.5 Å². The number of aryl methyl sites for hydroxylation is 3. The Bertz CT molecular complexity index is 1470. The van der Waals surface area contributed by atoms with E-state index in [1.807, 2.05) is 56.8 Å². The van der Waals surface area contributed by atoms with Crippen LogP contribution >= 0.6 is 0 Å². The normalized spacial score (nSPS) is 11.1. The third-order valence-electron chi connectivity index (χ3n) is 6.19. The third-order valence-corrected chi connectivity index (χ3v) is 6.19. The van der Waals surface area contributed by atoms with Gasteiger partial charge in [-0.15, -0.1) is 0 Å². The molecule has 5 rings (SSSR count). The Kier molecular flexibility index (Phi) is 6.53. The van der Waals surface area contributed by atoms with Gasteiger partial charge in [-0.3, -0.25) is 9.67 Å². The molecule has 0 atom stereocenters. The van der Waals surface area contributed by atoms with E-state index in [9.17, 15) is 0 Å². The molecule has 3 aromatic heterocycles. The minimum Gasteiger partial charge on any atom is -0.497 e. The second-order valence-electron chi connectivity index (χ2n) is 8.57. The van der Waals surface area contributed by atoms with E-state index >= 15 is 0 Å². The van der Waals surface area contributed by atoms with Crippen molar-refractivity contribution in [3.63, 3.8) is 0 Å². The Morgan fingerprint density at radius 3 is 2.39 bits per heavy atom. The molecule has 5 aromatic rings. The van der Waals surface area contributed by atoms with Gasteiger partial charge in [0.25, 0.3) is 0 Å². The van der Waals surface area contributed by atoms with E-state index in [1.165, 1.54) is 0 Å². The standard InChI is InChI=1S/C27H29N7O2/c1-19-28-8-11-33(19)9-5-10-34(22-12-23(35-3)15-24(13-22)36-4)21-6-7-25-26(14-21)31-27(17-29-25)20-16-30-32(2)18-20/h6-8,11-18H,5,9-10H2,1-4H3. The highest BCUT2D eigenvalue weighted by Gasteiger charge is 2.15. The zero-order valence-corrected chi connectivity index (χ0v) is 20.9. The monoisotopic (exact) mass is 483 g/mol. The van der Waals surface area contributed by atoms with Crippen LogP contribution in [0.1, 0.15) is 12.2 Å². The van der Waals surface area contributed by atoms with Crippen LogP contribution in [0.5, 0.6) is 11.5 Å². The van der Waals surface area contributed by atoms with Gasteiger partial charge in [0.1, 0.15) is 17.3 Å². The maximum Gasteiger partial charge on any atom is 0.124 e. The molecule has 0 fully saturated rings. The number of imidazole rings is 1. The van der Waals surface area contributed by atoms with Crippen LogP contribution in [-0.2, 0) is 13.6 Å². The molecule has 3 heterocycles. The minimum atomic E-state index is 0.735. The summed E-state index contributed by atoms with van der Waals surface area (Å²) in [6, 6.07) is 12.1. The molecule has 0 aliphatic heterocycles. The van der Waals surface area contributed by atoms with E-state index in [2.05, 4.69) is 36.7 Å². The number of nitrogens with zero attached hydrogens (tertiary/aromatic N) is 7. The lowest BCUT2D eigenvalue weighted by Gasteiger charge is -2.26. The largest absolute Gasteiger partial charge is 0.497 e. The predicted molar refractivity (Wildman–Crippen MR) is 140 cm³/mol. The van der Waals surface area contributed by atoms with Crippen LogP contribution in [0.15, 0.2) is 67.4 Å². The molecule has 0 bridgehead atoms. The number of anilines is 2. The third kappa shape index (κ3) is 4.86. The lowest BCUT2D eigenvalue weighted by atomic mass is 10.1. The second-order valence-corrected chi connectivity index (χ2v) is 8.57. The summed E-state index contributed by atoms with van der Waals surface area (Å²) in [5.41, 5.74) is 5.37. The topological polar surface area (TPSA) is 83.1 Å². The summed E-state index contributed by atoms with van der Waals surface area (Å²) < 4.78 is 15.0. The summed E-state index contributed by atoms with van der Waals surface area (Å²) in [6.07, 6.45) is 10.3. The molecule has 0 saturated heterocycles. The van der Waals surface area contributed by atoms with Crippen molar-refractivity contribution >= 4 is 22.4 Å². The van der Waals surface area contributed by atoms with Crippen molar-refractivity contribution in [1.29, 1.82) is 0 Å². The van der Waals surface area contributed by atoms with Crippen molar-refractivity contribution < 1.29 is 9.47 Å². The smallest absolute Gasteiger partial charge is 0.124 e. The van der Waals surface area contributed by atoms with Crippen LogP contribution in [0.4, 0.5) is 11.4 Å². The molecule has 2 aromatic carbocycles. The molecule has 0 amide bonds. The average Bonchev–Trinajstić information content (AvgIpc) is 3.53. The van der Waals surface area contributed by atoms with Crippen molar-refractivity contribution in [3.8, 4) is 22.8 Å². The van der Waals surface area contributed by atoms with Gasteiger partial charge in [0.2, 0.25) is 0 Å². The van der Waals surface area contributed by atoms with E-state index in [0.717, 1.165) is 70.5 Å². The van der Waals surface area contributed by atoms with Gasteiger partial charge in [-0.1, -0.05) is 0 Å². The molecule has 184 valence electrons. The van der Waals surface area contributed by atoms with E-state index in [0.29, 0.717) is 0 Å². The molecule has 9 nitrogen and oxygen atoms in total. The predicted octanol–water partition coefficient (Wildman–Crippen LogP) is 4.78. The Labute approximate surface area is 210 Å². The number of hydrogen-bond acceptors (Lipinski definition) is 7. The summed E-state index contributed by atoms with van der Waals surface area (Å²) >= 11 is 0. The molecule has 36 heavy (non-hydrogen) atoms. The van der Waals surface area contributed by atoms with E-state index in [1.54, 1.807) is 31.3 Å². The van der Waals surface area contributed by atoms with Gasteiger partial charge < -0.3 is 18.9 Å². The zero-order valence-electron chi connectivity index (χ0n) is 20.9.